The Morgan fingerprint density at radius 2 is 1.67 bits per heavy atom. The molecule has 0 fully saturated rings. The van der Waals surface area contributed by atoms with Gasteiger partial charge in [0.2, 0.25) is 5.95 Å². The molecule has 0 aliphatic heterocycles. The van der Waals surface area contributed by atoms with Crippen molar-refractivity contribution in [3.63, 3.8) is 0 Å². The summed E-state index contributed by atoms with van der Waals surface area (Å²) in [5, 5.41) is 5.19. The number of carbonyl (C=O) groups is 1. The Labute approximate surface area is 206 Å². The van der Waals surface area contributed by atoms with Crippen molar-refractivity contribution in [3.05, 3.63) is 77.6 Å². The number of anilines is 3. The Morgan fingerprint density at radius 1 is 1.00 bits per heavy atom. The summed E-state index contributed by atoms with van der Waals surface area (Å²) in [7, 11) is 0. The van der Waals surface area contributed by atoms with Crippen LogP contribution >= 0.6 is 0 Å². The first-order valence-corrected chi connectivity index (χ1v) is 10.9. The molecule has 0 saturated heterocycles. The molecular weight excluding hydrogens is 471 g/mol. The SMILES string of the molecule is CC(C)(C)[NH+]=CC(=C(N)c1ccnc(N)n1)c1cccc(NC(=O)Nc2ccc(C(F)(F)F)cc2)c1. The fraction of sp³-hybridized carbons (Fsp3) is 0.200. The first kappa shape index (κ1) is 26.2. The second-order valence-corrected chi connectivity index (χ2v) is 8.90. The van der Waals surface area contributed by atoms with E-state index in [4.69, 9.17) is 11.5 Å². The van der Waals surface area contributed by atoms with Gasteiger partial charge in [-0.25, -0.2) is 19.8 Å². The van der Waals surface area contributed by atoms with Gasteiger partial charge in [0.15, 0.2) is 11.8 Å². The summed E-state index contributed by atoms with van der Waals surface area (Å²) in [6, 6.07) is 12.1. The van der Waals surface area contributed by atoms with Crippen molar-refractivity contribution in [3.8, 4) is 0 Å². The van der Waals surface area contributed by atoms with E-state index in [2.05, 4.69) is 25.6 Å². The number of alkyl halides is 3. The first-order chi connectivity index (χ1) is 16.8. The second kappa shape index (κ2) is 10.5. The molecule has 11 heteroatoms. The minimum absolute atomic E-state index is 0.0777. The van der Waals surface area contributed by atoms with Gasteiger partial charge in [-0.1, -0.05) is 12.1 Å². The van der Waals surface area contributed by atoms with Crippen LogP contribution in [0.15, 0.2) is 60.8 Å². The van der Waals surface area contributed by atoms with Gasteiger partial charge in [-0.2, -0.15) is 13.2 Å². The van der Waals surface area contributed by atoms with Crippen LogP contribution in [0.1, 0.15) is 37.6 Å². The van der Waals surface area contributed by atoms with Crippen LogP contribution in [0.2, 0.25) is 0 Å². The fourth-order valence-electron chi connectivity index (χ4n) is 3.07. The number of carbonyl (C=O) groups excluding carboxylic acids is 1. The summed E-state index contributed by atoms with van der Waals surface area (Å²) in [6.45, 7) is 5.97. The maximum absolute atomic E-state index is 12.7. The van der Waals surface area contributed by atoms with Gasteiger partial charge in [-0.15, -0.1) is 0 Å². The second-order valence-electron chi connectivity index (χ2n) is 8.90. The van der Waals surface area contributed by atoms with Gasteiger partial charge in [-0.3, -0.25) is 0 Å². The summed E-state index contributed by atoms with van der Waals surface area (Å²) in [4.78, 5) is 23.8. The molecule has 0 saturated carbocycles. The van der Waals surface area contributed by atoms with Gasteiger partial charge in [0, 0.05) is 17.6 Å². The number of hydrogen-bond donors (Lipinski definition) is 5. The summed E-state index contributed by atoms with van der Waals surface area (Å²) in [6.07, 6.45) is -1.19. The van der Waals surface area contributed by atoms with Crippen LogP contribution in [-0.4, -0.2) is 27.8 Å². The number of nitrogens with one attached hydrogen (secondary N) is 3. The number of benzene rings is 2. The third-order valence-corrected chi connectivity index (χ3v) is 4.79. The van der Waals surface area contributed by atoms with E-state index in [1.165, 1.54) is 18.3 Å². The molecule has 1 aromatic heterocycles. The molecule has 0 aliphatic rings. The lowest BCUT2D eigenvalue weighted by atomic mass is 10.0. The molecular formula is C25H27F3N7O+. The van der Waals surface area contributed by atoms with Crippen LogP contribution in [0.4, 0.5) is 35.3 Å². The number of allylic oxidation sites excluding steroid dienone is 1. The monoisotopic (exact) mass is 498 g/mol. The molecule has 0 bridgehead atoms. The molecule has 36 heavy (non-hydrogen) atoms. The third-order valence-electron chi connectivity index (χ3n) is 4.79. The fourth-order valence-corrected chi connectivity index (χ4v) is 3.07. The number of halogens is 3. The van der Waals surface area contributed by atoms with Gasteiger partial charge in [0.25, 0.3) is 0 Å². The van der Waals surface area contributed by atoms with Crippen molar-refractivity contribution in [2.75, 3.05) is 16.4 Å². The molecule has 0 atom stereocenters. The highest BCUT2D eigenvalue weighted by Crippen LogP contribution is 2.30. The number of nitrogens with zero attached hydrogens (tertiary/aromatic N) is 2. The molecule has 3 rings (SSSR count). The van der Waals surface area contributed by atoms with E-state index < -0.39 is 17.8 Å². The molecule has 2 amide bonds. The number of amides is 2. The predicted molar refractivity (Wildman–Crippen MR) is 135 cm³/mol. The average Bonchev–Trinajstić information content (AvgIpc) is 2.78. The molecule has 3 aromatic rings. The number of hydrogen-bond acceptors (Lipinski definition) is 5. The van der Waals surface area contributed by atoms with E-state index >= 15 is 0 Å². The average molecular weight is 499 g/mol. The van der Waals surface area contributed by atoms with Crippen molar-refractivity contribution in [2.24, 2.45) is 5.73 Å². The van der Waals surface area contributed by atoms with E-state index in [-0.39, 0.29) is 17.2 Å². The van der Waals surface area contributed by atoms with E-state index in [0.717, 1.165) is 12.1 Å². The van der Waals surface area contributed by atoms with E-state index in [9.17, 15) is 18.0 Å². The minimum atomic E-state index is -4.45. The lowest BCUT2D eigenvalue weighted by Crippen LogP contribution is -2.81. The maximum atomic E-state index is 12.7. The van der Waals surface area contributed by atoms with Crippen LogP contribution < -0.4 is 27.1 Å². The molecule has 0 unspecified atom stereocenters. The smallest absolute Gasteiger partial charge is 0.396 e. The topological polar surface area (TPSA) is 133 Å². The van der Waals surface area contributed by atoms with Gasteiger partial charge >= 0.3 is 12.2 Å². The lowest BCUT2D eigenvalue weighted by molar-refractivity contribution is -0.533. The van der Waals surface area contributed by atoms with Crippen molar-refractivity contribution in [1.29, 1.82) is 0 Å². The Morgan fingerprint density at radius 3 is 2.28 bits per heavy atom. The van der Waals surface area contributed by atoms with Crippen LogP contribution in [0, 0.1) is 0 Å². The largest absolute Gasteiger partial charge is 0.416 e. The van der Waals surface area contributed by atoms with Gasteiger partial charge in [0.1, 0.15) is 0 Å². The molecule has 1 heterocycles. The molecule has 0 spiro atoms. The number of nitrogens with two attached hydrogens (primary N) is 2. The zero-order chi connectivity index (χ0) is 26.5. The van der Waals surface area contributed by atoms with Gasteiger partial charge in [0.05, 0.1) is 22.5 Å². The molecule has 188 valence electrons. The highest BCUT2D eigenvalue weighted by molar-refractivity contribution is 6.17. The summed E-state index contributed by atoms with van der Waals surface area (Å²) >= 11 is 0. The number of aromatic nitrogens is 2. The van der Waals surface area contributed by atoms with E-state index in [1.807, 2.05) is 26.8 Å². The Bertz CT molecular complexity index is 1290. The molecule has 0 aliphatic carbocycles. The Balaban J connectivity index is 1.87. The summed E-state index contributed by atoms with van der Waals surface area (Å²) < 4.78 is 38.2. The van der Waals surface area contributed by atoms with Crippen molar-refractivity contribution >= 4 is 40.8 Å². The van der Waals surface area contributed by atoms with Crippen LogP contribution in [0.5, 0.6) is 0 Å². The number of urea groups is 1. The van der Waals surface area contributed by atoms with E-state index in [1.54, 1.807) is 30.5 Å². The number of rotatable bonds is 5. The van der Waals surface area contributed by atoms with E-state index in [0.29, 0.717) is 28.2 Å². The quantitative estimate of drug-likeness (QED) is 0.344. The van der Waals surface area contributed by atoms with Crippen molar-refractivity contribution < 1.29 is 23.0 Å². The highest BCUT2D eigenvalue weighted by Gasteiger charge is 2.30. The molecule has 0 radical (unpaired) electrons. The molecule has 7 N–H and O–H groups in total. The molecule has 8 nitrogen and oxygen atoms in total. The summed E-state index contributed by atoms with van der Waals surface area (Å²) in [5.41, 5.74) is 13.8. The van der Waals surface area contributed by atoms with Crippen molar-refractivity contribution in [2.45, 2.75) is 32.5 Å². The standard InChI is InChI=1S/C25H26F3N7O/c1-24(2,3)32-14-19(21(29)20-11-12-31-22(30)35-20)15-5-4-6-18(13-15)34-23(36)33-17-9-7-16(8-10-17)25(26,27)28/h4-14H,29H2,1-3H3,(H2,30,31,35)(H2,33,34,36)/p+1. The predicted octanol–water partition coefficient (Wildman–Crippen LogP) is 3.50. The first-order valence-electron chi connectivity index (χ1n) is 10.9. The van der Waals surface area contributed by atoms with Crippen LogP contribution in [0.3, 0.4) is 0 Å². The normalized spacial score (nSPS) is 12.8. The zero-order valence-electron chi connectivity index (χ0n) is 19.9. The third kappa shape index (κ3) is 7.29. The summed E-state index contributed by atoms with van der Waals surface area (Å²) in [5.74, 6) is 0.0777. The van der Waals surface area contributed by atoms with Crippen LogP contribution in [-0.2, 0) is 6.18 Å². The molecule has 2 aromatic carbocycles. The van der Waals surface area contributed by atoms with Crippen LogP contribution in [0.25, 0.3) is 11.3 Å². The number of nitrogen functional groups attached to an aromatic ring is 1. The Kier molecular flexibility index (Phi) is 7.62. The lowest BCUT2D eigenvalue weighted by Gasteiger charge is -2.12. The van der Waals surface area contributed by atoms with Crippen molar-refractivity contribution in [1.82, 2.24) is 9.97 Å². The van der Waals surface area contributed by atoms with Gasteiger partial charge in [-0.05, 0) is 68.8 Å². The zero-order valence-corrected chi connectivity index (χ0v) is 19.9. The highest BCUT2D eigenvalue weighted by atomic mass is 19.4. The Hall–Kier alpha value is -4.41. The van der Waals surface area contributed by atoms with Gasteiger partial charge < -0.3 is 22.1 Å². The maximum Gasteiger partial charge on any atom is 0.416 e. The minimum Gasteiger partial charge on any atom is -0.396 e.